The Labute approximate surface area is 172 Å². The van der Waals surface area contributed by atoms with E-state index in [0.717, 1.165) is 48.1 Å². The predicted molar refractivity (Wildman–Crippen MR) is 113 cm³/mol. The number of halogens is 1. The van der Waals surface area contributed by atoms with Crippen LogP contribution in [-0.4, -0.2) is 37.0 Å². The quantitative estimate of drug-likeness (QED) is 0.627. The average molecular weight is 443 g/mol. The van der Waals surface area contributed by atoms with E-state index >= 15 is 0 Å². The minimum absolute atomic E-state index is 0.147. The number of methoxy groups -OCH3 is 1. The summed E-state index contributed by atoms with van der Waals surface area (Å²) in [5.41, 5.74) is 1.90. The van der Waals surface area contributed by atoms with E-state index in [1.165, 1.54) is 5.56 Å². The van der Waals surface area contributed by atoms with Crippen LogP contribution in [0.3, 0.4) is 0 Å². The van der Waals surface area contributed by atoms with Crippen molar-refractivity contribution in [1.82, 2.24) is 10.2 Å². The van der Waals surface area contributed by atoms with Crippen LogP contribution >= 0.6 is 15.9 Å². The molecule has 2 aromatic carbocycles. The second-order valence-corrected chi connectivity index (χ2v) is 7.96. The van der Waals surface area contributed by atoms with Gasteiger partial charge in [-0.25, -0.2) is 0 Å². The molecule has 0 aliphatic carbocycles. The van der Waals surface area contributed by atoms with Gasteiger partial charge in [0.15, 0.2) is 5.76 Å². The Morgan fingerprint density at radius 1 is 1.21 bits per heavy atom. The molecule has 0 unspecified atom stereocenters. The number of hydrogen-bond acceptors (Lipinski definition) is 4. The van der Waals surface area contributed by atoms with Gasteiger partial charge in [0.2, 0.25) is 0 Å². The summed E-state index contributed by atoms with van der Waals surface area (Å²) in [5.74, 6) is 1.14. The molecule has 6 heteroatoms. The SMILES string of the molecule is COc1ccccc1CN1CCC(NC(=O)c2cc3cccc(Br)c3o2)CC1. The standard InChI is InChI=1S/C22H23BrN2O3/c1-27-19-8-3-2-5-16(19)14-25-11-9-17(10-12-25)24-22(26)20-13-15-6-4-7-18(23)21(15)28-20/h2-8,13,17H,9-12,14H2,1H3,(H,24,26). The fraction of sp³-hybridized carbons (Fsp3) is 0.318. The molecule has 1 aromatic heterocycles. The third-order valence-corrected chi connectivity index (χ3v) is 5.85. The van der Waals surface area contributed by atoms with Crippen LogP contribution in [0.5, 0.6) is 5.75 Å². The number of furan rings is 1. The highest BCUT2D eigenvalue weighted by molar-refractivity contribution is 9.10. The molecule has 1 N–H and O–H groups in total. The summed E-state index contributed by atoms with van der Waals surface area (Å²) in [4.78, 5) is 15.0. The van der Waals surface area contributed by atoms with Gasteiger partial charge >= 0.3 is 0 Å². The van der Waals surface area contributed by atoms with Crippen molar-refractivity contribution >= 4 is 32.8 Å². The maximum atomic E-state index is 12.6. The predicted octanol–water partition coefficient (Wildman–Crippen LogP) is 4.60. The molecule has 5 nitrogen and oxygen atoms in total. The second kappa shape index (κ2) is 8.37. The Balaban J connectivity index is 1.33. The molecule has 28 heavy (non-hydrogen) atoms. The van der Waals surface area contributed by atoms with Crippen LogP contribution in [-0.2, 0) is 6.54 Å². The summed E-state index contributed by atoms with van der Waals surface area (Å²) >= 11 is 3.46. The molecule has 3 aromatic rings. The third-order valence-electron chi connectivity index (χ3n) is 5.23. The zero-order valence-corrected chi connectivity index (χ0v) is 17.4. The minimum atomic E-state index is -0.147. The van der Waals surface area contributed by atoms with Crippen LogP contribution in [0.1, 0.15) is 29.0 Å². The zero-order chi connectivity index (χ0) is 19.5. The number of amides is 1. The number of para-hydroxylation sites is 2. The van der Waals surface area contributed by atoms with Crippen molar-refractivity contribution in [2.45, 2.75) is 25.4 Å². The number of nitrogens with one attached hydrogen (secondary N) is 1. The Morgan fingerprint density at radius 3 is 2.75 bits per heavy atom. The van der Waals surface area contributed by atoms with Gasteiger partial charge in [-0.2, -0.15) is 0 Å². The van der Waals surface area contributed by atoms with Crippen molar-refractivity contribution in [1.29, 1.82) is 0 Å². The number of nitrogens with zero attached hydrogens (tertiary/aromatic N) is 1. The monoisotopic (exact) mass is 442 g/mol. The van der Waals surface area contributed by atoms with Crippen molar-refractivity contribution in [3.63, 3.8) is 0 Å². The molecule has 1 amide bonds. The first kappa shape index (κ1) is 19.0. The van der Waals surface area contributed by atoms with Crippen LogP contribution in [0, 0.1) is 0 Å². The molecule has 0 saturated carbocycles. The number of carbonyl (C=O) groups is 1. The number of carbonyl (C=O) groups excluding carboxylic acids is 1. The Bertz CT molecular complexity index is 977. The summed E-state index contributed by atoms with van der Waals surface area (Å²) in [6, 6.07) is 15.9. The molecule has 0 atom stereocenters. The van der Waals surface area contributed by atoms with E-state index in [2.05, 4.69) is 32.2 Å². The van der Waals surface area contributed by atoms with Crippen LogP contribution in [0.25, 0.3) is 11.0 Å². The van der Waals surface area contributed by atoms with Gasteiger partial charge in [-0.05, 0) is 47.0 Å². The molecule has 1 fully saturated rings. The van der Waals surface area contributed by atoms with Crippen molar-refractivity contribution in [3.8, 4) is 5.75 Å². The molecule has 146 valence electrons. The lowest BCUT2D eigenvalue weighted by Gasteiger charge is -2.32. The van der Waals surface area contributed by atoms with Gasteiger partial charge in [0, 0.05) is 36.6 Å². The van der Waals surface area contributed by atoms with E-state index in [4.69, 9.17) is 9.15 Å². The van der Waals surface area contributed by atoms with E-state index < -0.39 is 0 Å². The number of hydrogen-bond donors (Lipinski definition) is 1. The van der Waals surface area contributed by atoms with Crippen LogP contribution in [0.15, 0.2) is 57.4 Å². The Kier molecular flexibility index (Phi) is 5.69. The van der Waals surface area contributed by atoms with Gasteiger partial charge in [0.25, 0.3) is 5.91 Å². The zero-order valence-electron chi connectivity index (χ0n) is 15.8. The smallest absolute Gasteiger partial charge is 0.287 e. The molecule has 1 aliphatic rings. The van der Waals surface area contributed by atoms with Gasteiger partial charge < -0.3 is 14.5 Å². The van der Waals surface area contributed by atoms with E-state index in [9.17, 15) is 4.79 Å². The first-order chi connectivity index (χ1) is 13.6. The summed E-state index contributed by atoms with van der Waals surface area (Å²) in [5, 5.41) is 4.05. The van der Waals surface area contributed by atoms with E-state index in [-0.39, 0.29) is 11.9 Å². The molecule has 0 spiro atoms. The topological polar surface area (TPSA) is 54.7 Å². The lowest BCUT2D eigenvalue weighted by atomic mass is 10.0. The normalized spacial score (nSPS) is 15.6. The highest BCUT2D eigenvalue weighted by Crippen LogP contribution is 2.27. The van der Waals surface area contributed by atoms with E-state index in [0.29, 0.717) is 11.3 Å². The summed E-state index contributed by atoms with van der Waals surface area (Å²) in [6.07, 6.45) is 1.84. The van der Waals surface area contributed by atoms with E-state index in [1.807, 2.05) is 36.4 Å². The molecular formula is C22H23BrN2O3. The largest absolute Gasteiger partial charge is 0.496 e. The highest BCUT2D eigenvalue weighted by Gasteiger charge is 2.23. The number of likely N-dealkylation sites (tertiary alicyclic amines) is 1. The molecule has 2 heterocycles. The van der Waals surface area contributed by atoms with Crippen molar-refractivity contribution in [3.05, 3.63) is 64.3 Å². The number of piperidine rings is 1. The molecule has 0 radical (unpaired) electrons. The van der Waals surface area contributed by atoms with Crippen LogP contribution in [0.4, 0.5) is 0 Å². The maximum Gasteiger partial charge on any atom is 0.287 e. The molecule has 1 aliphatic heterocycles. The average Bonchev–Trinajstić information content (AvgIpc) is 3.16. The maximum absolute atomic E-state index is 12.6. The number of benzene rings is 2. The lowest BCUT2D eigenvalue weighted by Crippen LogP contribution is -2.44. The lowest BCUT2D eigenvalue weighted by molar-refractivity contribution is 0.0883. The third kappa shape index (κ3) is 4.08. The van der Waals surface area contributed by atoms with Crippen molar-refractivity contribution in [2.24, 2.45) is 0 Å². The summed E-state index contributed by atoms with van der Waals surface area (Å²) < 4.78 is 12.0. The van der Waals surface area contributed by atoms with Gasteiger partial charge in [-0.3, -0.25) is 9.69 Å². The van der Waals surface area contributed by atoms with Gasteiger partial charge in [-0.15, -0.1) is 0 Å². The Hall–Kier alpha value is -2.31. The molecule has 4 rings (SSSR count). The fourth-order valence-corrected chi connectivity index (χ4v) is 4.17. The van der Waals surface area contributed by atoms with Gasteiger partial charge in [0.1, 0.15) is 11.3 Å². The number of fused-ring (bicyclic) bond motifs is 1. The number of ether oxygens (including phenoxy) is 1. The molecule has 0 bridgehead atoms. The molecular weight excluding hydrogens is 420 g/mol. The number of rotatable bonds is 5. The van der Waals surface area contributed by atoms with Gasteiger partial charge in [0.05, 0.1) is 11.6 Å². The second-order valence-electron chi connectivity index (χ2n) is 7.10. The first-order valence-corrected chi connectivity index (χ1v) is 10.3. The Morgan fingerprint density at radius 2 is 2.00 bits per heavy atom. The van der Waals surface area contributed by atoms with Crippen LogP contribution in [0.2, 0.25) is 0 Å². The summed E-state index contributed by atoms with van der Waals surface area (Å²) in [6.45, 7) is 2.74. The summed E-state index contributed by atoms with van der Waals surface area (Å²) in [7, 11) is 1.71. The molecule has 1 saturated heterocycles. The first-order valence-electron chi connectivity index (χ1n) is 9.47. The minimum Gasteiger partial charge on any atom is -0.496 e. The van der Waals surface area contributed by atoms with Crippen molar-refractivity contribution < 1.29 is 13.9 Å². The van der Waals surface area contributed by atoms with Crippen molar-refractivity contribution in [2.75, 3.05) is 20.2 Å². The highest BCUT2D eigenvalue weighted by atomic mass is 79.9. The van der Waals surface area contributed by atoms with Crippen LogP contribution < -0.4 is 10.1 Å². The van der Waals surface area contributed by atoms with E-state index in [1.54, 1.807) is 13.2 Å². The fourth-order valence-electron chi connectivity index (χ4n) is 3.71. The van der Waals surface area contributed by atoms with Gasteiger partial charge in [-0.1, -0.05) is 30.3 Å².